The Balaban J connectivity index is 1.89. The number of hydrogen-bond donors (Lipinski definition) is 1. The van der Waals surface area contributed by atoms with E-state index in [0.29, 0.717) is 16.3 Å². The van der Waals surface area contributed by atoms with Crippen molar-refractivity contribution in [3.8, 4) is 5.75 Å². The summed E-state index contributed by atoms with van der Waals surface area (Å²) in [5.74, 6) is -0.193. The lowest BCUT2D eigenvalue weighted by Crippen LogP contribution is -2.18. The third kappa shape index (κ3) is 5.26. The first-order valence-electron chi connectivity index (χ1n) is 6.64. The van der Waals surface area contributed by atoms with Gasteiger partial charge in [0, 0.05) is 10.0 Å². The summed E-state index contributed by atoms with van der Waals surface area (Å²) < 4.78 is 6.08. The third-order valence-corrected chi connectivity index (χ3v) is 3.62. The third-order valence-electron chi connectivity index (χ3n) is 2.83. The van der Waals surface area contributed by atoms with Gasteiger partial charge in [-0.15, -0.1) is 0 Å². The van der Waals surface area contributed by atoms with Crippen molar-refractivity contribution in [2.24, 2.45) is 10.9 Å². The Morgan fingerprint density at radius 1 is 1.26 bits per heavy atom. The van der Waals surface area contributed by atoms with E-state index in [1.54, 1.807) is 30.3 Å². The molecule has 2 aromatic carbocycles. The Labute approximate surface area is 147 Å². The van der Waals surface area contributed by atoms with Crippen LogP contribution in [0.1, 0.15) is 11.1 Å². The van der Waals surface area contributed by atoms with Crippen LogP contribution in [0.2, 0.25) is 5.02 Å². The number of carbonyl (C=O) groups is 1. The minimum absolute atomic E-state index is 0.111. The van der Waals surface area contributed by atoms with Crippen molar-refractivity contribution in [1.29, 1.82) is 0 Å². The van der Waals surface area contributed by atoms with Crippen LogP contribution in [-0.2, 0) is 9.63 Å². The largest absolute Gasteiger partial charge is 0.480 e. The molecule has 23 heavy (non-hydrogen) atoms. The molecule has 0 unspecified atom stereocenters. The molecule has 5 nitrogen and oxygen atoms in total. The number of nitrogens with two attached hydrogens (primary N) is 1. The van der Waals surface area contributed by atoms with E-state index in [-0.39, 0.29) is 12.4 Å². The molecular formula is C16H14BrClN2O3. The molecular weight excluding hydrogens is 384 g/mol. The van der Waals surface area contributed by atoms with E-state index in [1.165, 1.54) is 0 Å². The van der Waals surface area contributed by atoms with Crippen LogP contribution in [0, 0.1) is 6.92 Å². The standard InChI is InChI=1S/C16H14BrClN2O3/c1-10-2-4-11(5-3-10)16(19)20-23-15(21)9-22-14-7-6-12(17)8-13(14)18/h2-8H,9H2,1H3,(H2,19,20). The Morgan fingerprint density at radius 2 is 1.96 bits per heavy atom. The second-order valence-electron chi connectivity index (χ2n) is 4.67. The number of halogens is 2. The van der Waals surface area contributed by atoms with Gasteiger partial charge in [-0.05, 0) is 25.1 Å². The molecule has 7 heteroatoms. The van der Waals surface area contributed by atoms with Gasteiger partial charge in [0.2, 0.25) is 0 Å². The summed E-state index contributed by atoms with van der Waals surface area (Å²) in [4.78, 5) is 16.3. The average Bonchev–Trinajstić information content (AvgIpc) is 2.52. The number of rotatable bonds is 5. The molecule has 0 aliphatic rings. The fourth-order valence-corrected chi connectivity index (χ4v) is 2.36. The first kappa shape index (κ1) is 17.3. The highest BCUT2D eigenvalue weighted by Gasteiger charge is 2.08. The van der Waals surface area contributed by atoms with Crippen LogP contribution < -0.4 is 10.5 Å². The molecule has 0 aromatic heterocycles. The van der Waals surface area contributed by atoms with Crippen LogP contribution in [-0.4, -0.2) is 18.4 Å². The number of benzene rings is 2. The Hall–Kier alpha value is -2.05. The minimum atomic E-state index is -0.681. The Kier molecular flexibility index (Phi) is 6.01. The van der Waals surface area contributed by atoms with Crippen molar-refractivity contribution in [3.05, 3.63) is 63.1 Å². The molecule has 0 aliphatic heterocycles. The summed E-state index contributed by atoms with van der Waals surface area (Å²) in [5, 5.41) is 3.98. The molecule has 0 saturated heterocycles. The molecule has 0 fully saturated rings. The van der Waals surface area contributed by atoms with Gasteiger partial charge in [-0.3, -0.25) is 0 Å². The van der Waals surface area contributed by atoms with E-state index in [1.807, 2.05) is 19.1 Å². The van der Waals surface area contributed by atoms with Gasteiger partial charge in [0.25, 0.3) is 0 Å². The highest BCUT2D eigenvalue weighted by atomic mass is 79.9. The molecule has 0 saturated carbocycles. The number of oxime groups is 1. The molecule has 0 amide bonds. The summed E-state index contributed by atoms with van der Waals surface area (Å²) in [6.07, 6.45) is 0. The average molecular weight is 398 g/mol. The lowest BCUT2D eigenvalue weighted by Gasteiger charge is -2.06. The maximum Gasteiger partial charge on any atom is 0.372 e. The predicted molar refractivity (Wildman–Crippen MR) is 92.6 cm³/mol. The number of amidine groups is 1. The van der Waals surface area contributed by atoms with Crippen LogP contribution in [0.5, 0.6) is 5.75 Å². The Morgan fingerprint density at radius 3 is 2.61 bits per heavy atom. The Bertz CT molecular complexity index is 733. The van der Waals surface area contributed by atoms with Gasteiger partial charge < -0.3 is 15.3 Å². The fourth-order valence-electron chi connectivity index (χ4n) is 1.63. The number of aryl methyl sites for hydroxylation is 1. The molecule has 0 bridgehead atoms. The first-order valence-corrected chi connectivity index (χ1v) is 7.81. The van der Waals surface area contributed by atoms with Crippen LogP contribution in [0.25, 0.3) is 0 Å². The highest BCUT2D eigenvalue weighted by molar-refractivity contribution is 9.10. The lowest BCUT2D eigenvalue weighted by atomic mass is 10.1. The van der Waals surface area contributed by atoms with Gasteiger partial charge >= 0.3 is 5.97 Å². The van der Waals surface area contributed by atoms with Crippen molar-refractivity contribution in [1.82, 2.24) is 0 Å². The van der Waals surface area contributed by atoms with Crippen LogP contribution in [0.15, 0.2) is 52.1 Å². The number of hydrogen-bond acceptors (Lipinski definition) is 4. The normalized spacial score (nSPS) is 11.2. The summed E-state index contributed by atoms with van der Waals surface area (Å²) in [6, 6.07) is 12.4. The van der Waals surface area contributed by atoms with Gasteiger partial charge in [0.15, 0.2) is 12.4 Å². The summed E-state index contributed by atoms with van der Waals surface area (Å²) in [6.45, 7) is 1.63. The number of carbonyl (C=O) groups excluding carboxylic acids is 1. The van der Waals surface area contributed by atoms with Crippen molar-refractivity contribution in [2.75, 3.05) is 6.61 Å². The molecule has 0 radical (unpaired) electrons. The second kappa shape index (κ2) is 7.99. The summed E-state index contributed by atoms with van der Waals surface area (Å²) in [7, 11) is 0. The van der Waals surface area contributed by atoms with Gasteiger partial charge in [0.1, 0.15) is 5.75 Å². The highest BCUT2D eigenvalue weighted by Crippen LogP contribution is 2.27. The molecule has 2 rings (SSSR count). The maximum atomic E-state index is 11.6. The SMILES string of the molecule is Cc1ccc(/C(N)=N\OC(=O)COc2ccc(Br)cc2Cl)cc1. The van der Waals surface area contributed by atoms with Crippen LogP contribution in [0.4, 0.5) is 0 Å². The van der Waals surface area contributed by atoms with Crippen molar-refractivity contribution in [3.63, 3.8) is 0 Å². The summed E-state index contributed by atoms with van der Waals surface area (Å²) in [5.41, 5.74) is 7.51. The van der Waals surface area contributed by atoms with Crippen molar-refractivity contribution in [2.45, 2.75) is 6.92 Å². The van der Waals surface area contributed by atoms with Gasteiger partial charge in [-0.2, -0.15) is 0 Å². The smallest absolute Gasteiger partial charge is 0.372 e. The molecule has 2 aromatic rings. The van der Waals surface area contributed by atoms with E-state index in [2.05, 4.69) is 21.1 Å². The topological polar surface area (TPSA) is 73.9 Å². The fraction of sp³-hybridized carbons (Fsp3) is 0.125. The van der Waals surface area contributed by atoms with Crippen molar-refractivity contribution >= 4 is 39.3 Å². The zero-order valence-corrected chi connectivity index (χ0v) is 14.6. The van der Waals surface area contributed by atoms with E-state index in [9.17, 15) is 4.79 Å². The van der Waals surface area contributed by atoms with Crippen molar-refractivity contribution < 1.29 is 14.4 Å². The molecule has 0 heterocycles. The maximum absolute atomic E-state index is 11.6. The van der Waals surface area contributed by atoms with Gasteiger partial charge in [0.05, 0.1) is 5.02 Å². The number of ether oxygens (including phenoxy) is 1. The second-order valence-corrected chi connectivity index (χ2v) is 5.99. The molecule has 2 N–H and O–H groups in total. The monoisotopic (exact) mass is 396 g/mol. The van der Waals surface area contributed by atoms with Gasteiger partial charge in [-0.25, -0.2) is 4.79 Å². The lowest BCUT2D eigenvalue weighted by molar-refractivity contribution is -0.146. The zero-order valence-electron chi connectivity index (χ0n) is 12.3. The molecule has 120 valence electrons. The molecule has 0 atom stereocenters. The van der Waals surface area contributed by atoms with Crippen LogP contribution >= 0.6 is 27.5 Å². The zero-order chi connectivity index (χ0) is 16.8. The predicted octanol–water partition coefficient (Wildman–Crippen LogP) is 3.65. The quantitative estimate of drug-likeness (QED) is 0.362. The minimum Gasteiger partial charge on any atom is -0.480 e. The summed E-state index contributed by atoms with van der Waals surface area (Å²) >= 11 is 9.26. The van der Waals surface area contributed by atoms with E-state index in [0.717, 1.165) is 10.0 Å². The first-order chi connectivity index (χ1) is 11.0. The number of nitrogens with zero attached hydrogens (tertiary/aromatic N) is 1. The van der Waals surface area contributed by atoms with Gasteiger partial charge in [-0.1, -0.05) is 62.5 Å². The van der Waals surface area contributed by atoms with Crippen LogP contribution in [0.3, 0.4) is 0 Å². The van der Waals surface area contributed by atoms with E-state index in [4.69, 9.17) is 26.9 Å². The van der Waals surface area contributed by atoms with E-state index < -0.39 is 5.97 Å². The van der Waals surface area contributed by atoms with E-state index >= 15 is 0 Å². The molecule has 0 spiro atoms. The molecule has 0 aliphatic carbocycles.